The smallest absolute Gasteiger partial charge is 0.274 e. The van der Waals surface area contributed by atoms with E-state index in [2.05, 4.69) is 4.98 Å². The van der Waals surface area contributed by atoms with Crippen molar-refractivity contribution in [3.05, 3.63) is 18.2 Å². The van der Waals surface area contributed by atoms with Crippen molar-refractivity contribution in [2.45, 2.75) is 25.9 Å². The van der Waals surface area contributed by atoms with E-state index in [9.17, 15) is 0 Å². The molecule has 0 atom stereocenters. The van der Waals surface area contributed by atoms with Crippen LogP contribution >= 0.6 is 11.3 Å². The van der Waals surface area contributed by atoms with E-state index in [4.69, 9.17) is 15.2 Å². The first-order chi connectivity index (χ1) is 8.50. The van der Waals surface area contributed by atoms with Crippen molar-refractivity contribution in [1.82, 2.24) is 4.98 Å². The Hall–Kier alpha value is -1.33. The monoisotopic (exact) mass is 266 g/mol. The van der Waals surface area contributed by atoms with Crippen molar-refractivity contribution in [2.24, 2.45) is 0 Å². The van der Waals surface area contributed by atoms with Crippen LogP contribution in [0.25, 0.3) is 10.2 Å². The molecule has 18 heavy (non-hydrogen) atoms. The summed E-state index contributed by atoms with van der Waals surface area (Å²) in [6.07, 6.45) is 0.821. The molecule has 0 amide bonds. The van der Waals surface area contributed by atoms with Crippen molar-refractivity contribution >= 4 is 27.2 Å². The summed E-state index contributed by atoms with van der Waals surface area (Å²) in [4.78, 5) is 4.40. The van der Waals surface area contributed by atoms with Gasteiger partial charge in [0.1, 0.15) is 0 Å². The molecule has 1 aromatic carbocycles. The Labute approximate surface area is 111 Å². The molecule has 0 radical (unpaired) electrons. The second-order valence-corrected chi connectivity index (χ2v) is 5.76. The molecule has 0 spiro atoms. The molecule has 0 fully saturated rings. The molecule has 0 aliphatic rings. The third-order valence-corrected chi connectivity index (χ3v) is 3.81. The zero-order chi connectivity index (χ0) is 13.2. The quantitative estimate of drug-likeness (QED) is 0.845. The van der Waals surface area contributed by atoms with Crippen LogP contribution in [0, 0.1) is 0 Å². The van der Waals surface area contributed by atoms with E-state index in [1.54, 1.807) is 7.11 Å². The number of nitrogens with two attached hydrogens (primary N) is 1. The van der Waals surface area contributed by atoms with Gasteiger partial charge in [0, 0.05) is 19.2 Å². The van der Waals surface area contributed by atoms with Gasteiger partial charge in [-0.3, -0.25) is 0 Å². The Bertz CT molecular complexity index is 537. The highest BCUT2D eigenvalue weighted by molar-refractivity contribution is 7.20. The molecule has 2 rings (SSSR count). The number of aromatic nitrogens is 1. The van der Waals surface area contributed by atoms with Gasteiger partial charge in [-0.1, -0.05) is 11.3 Å². The highest BCUT2D eigenvalue weighted by atomic mass is 32.1. The number of thiazole rings is 1. The van der Waals surface area contributed by atoms with Crippen molar-refractivity contribution < 1.29 is 9.47 Å². The van der Waals surface area contributed by atoms with Crippen LogP contribution in [0.3, 0.4) is 0 Å². The summed E-state index contributed by atoms with van der Waals surface area (Å²) in [5.41, 5.74) is 7.24. The average Bonchev–Trinajstić information content (AvgIpc) is 2.70. The molecular weight excluding hydrogens is 248 g/mol. The van der Waals surface area contributed by atoms with Crippen LogP contribution in [0.4, 0.5) is 5.69 Å². The molecule has 2 aromatic rings. The SMILES string of the molecule is COC(C)(C)CCOc1nc2ccc(N)cc2s1. The molecule has 0 bridgehead atoms. The number of nitrogen functional groups attached to an aromatic ring is 1. The molecular formula is C13H18N2O2S. The zero-order valence-corrected chi connectivity index (χ0v) is 11.7. The lowest BCUT2D eigenvalue weighted by Gasteiger charge is -2.22. The molecule has 98 valence electrons. The van der Waals surface area contributed by atoms with Crippen LogP contribution in [0.15, 0.2) is 18.2 Å². The van der Waals surface area contributed by atoms with E-state index >= 15 is 0 Å². The van der Waals surface area contributed by atoms with Gasteiger partial charge in [0.05, 0.1) is 22.4 Å². The Morgan fingerprint density at radius 3 is 2.89 bits per heavy atom. The Balaban J connectivity index is 2.00. The minimum absolute atomic E-state index is 0.166. The van der Waals surface area contributed by atoms with Crippen LogP contribution in [-0.2, 0) is 4.74 Å². The van der Waals surface area contributed by atoms with E-state index in [1.165, 1.54) is 11.3 Å². The average molecular weight is 266 g/mol. The third kappa shape index (κ3) is 3.11. The molecule has 0 aliphatic carbocycles. The fraction of sp³-hybridized carbons (Fsp3) is 0.462. The van der Waals surface area contributed by atoms with Gasteiger partial charge in [-0.05, 0) is 32.0 Å². The van der Waals surface area contributed by atoms with Crippen LogP contribution in [0.1, 0.15) is 20.3 Å². The fourth-order valence-corrected chi connectivity index (χ4v) is 2.36. The summed E-state index contributed by atoms with van der Waals surface area (Å²) < 4.78 is 12.0. The predicted molar refractivity (Wildman–Crippen MR) is 75.2 cm³/mol. The Kier molecular flexibility index (Phi) is 3.73. The summed E-state index contributed by atoms with van der Waals surface area (Å²) in [5, 5.41) is 0.683. The predicted octanol–water partition coefficient (Wildman–Crippen LogP) is 3.07. The lowest BCUT2D eigenvalue weighted by atomic mass is 10.1. The molecule has 2 N–H and O–H groups in total. The molecule has 4 nitrogen and oxygen atoms in total. The fourth-order valence-electron chi connectivity index (χ4n) is 1.47. The van der Waals surface area contributed by atoms with Gasteiger partial charge in [0.15, 0.2) is 0 Å². The molecule has 5 heteroatoms. The maximum atomic E-state index is 5.73. The number of hydrogen-bond donors (Lipinski definition) is 1. The highest BCUT2D eigenvalue weighted by Gasteiger charge is 2.16. The lowest BCUT2D eigenvalue weighted by Crippen LogP contribution is -2.25. The summed E-state index contributed by atoms with van der Waals surface area (Å²) in [6, 6.07) is 5.67. The van der Waals surface area contributed by atoms with E-state index in [0.29, 0.717) is 11.8 Å². The Morgan fingerprint density at radius 1 is 1.39 bits per heavy atom. The van der Waals surface area contributed by atoms with Gasteiger partial charge in [0.25, 0.3) is 5.19 Å². The molecule has 0 saturated heterocycles. The molecule has 0 saturated carbocycles. The van der Waals surface area contributed by atoms with E-state index in [0.717, 1.165) is 22.3 Å². The van der Waals surface area contributed by atoms with E-state index < -0.39 is 0 Å². The van der Waals surface area contributed by atoms with Crippen LogP contribution in [0.5, 0.6) is 5.19 Å². The van der Waals surface area contributed by atoms with E-state index in [1.807, 2.05) is 32.0 Å². The van der Waals surface area contributed by atoms with E-state index in [-0.39, 0.29) is 5.60 Å². The summed E-state index contributed by atoms with van der Waals surface area (Å²) in [7, 11) is 1.71. The van der Waals surface area contributed by atoms with Gasteiger partial charge >= 0.3 is 0 Å². The zero-order valence-electron chi connectivity index (χ0n) is 10.9. The summed E-state index contributed by atoms with van der Waals surface area (Å²) >= 11 is 1.52. The Morgan fingerprint density at radius 2 is 2.17 bits per heavy atom. The van der Waals surface area contributed by atoms with Crippen LogP contribution in [-0.4, -0.2) is 24.3 Å². The number of hydrogen-bond acceptors (Lipinski definition) is 5. The van der Waals surface area contributed by atoms with Crippen LogP contribution in [0.2, 0.25) is 0 Å². The first-order valence-corrected chi connectivity index (χ1v) is 6.66. The summed E-state index contributed by atoms with van der Waals surface area (Å²) in [5.74, 6) is 0. The number of benzene rings is 1. The number of nitrogens with zero attached hydrogens (tertiary/aromatic N) is 1. The third-order valence-electron chi connectivity index (χ3n) is 2.88. The van der Waals surface area contributed by atoms with Crippen molar-refractivity contribution in [1.29, 1.82) is 0 Å². The van der Waals surface area contributed by atoms with Crippen molar-refractivity contribution in [2.75, 3.05) is 19.5 Å². The maximum absolute atomic E-state index is 5.73. The standard InChI is InChI=1S/C13H18N2O2S/c1-13(2,16-3)6-7-17-12-15-10-5-4-9(14)8-11(10)18-12/h4-5,8H,6-7,14H2,1-3H3. The largest absolute Gasteiger partial charge is 0.470 e. The van der Waals surface area contributed by atoms with Crippen molar-refractivity contribution in [3.8, 4) is 5.19 Å². The first-order valence-electron chi connectivity index (χ1n) is 5.84. The number of rotatable bonds is 5. The number of methoxy groups -OCH3 is 1. The lowest BCUT2D eigenvalue weighted by molar-refractivity contribution is 0.00546. The maximum Gasteiger partial charge on any atom is 0.274 e. The number of fused-ring (bicyclic) bond motifs is 1. The number of ether oxygens (including phenoxy) is 2. The highest BCUT2D eigenvalue weighted by Crippen LogP contribution is 2.29. The van der Waals surface area contributed by atoms with Crippen molar-refractivity contribution in [3.63, 3.8) is 0 Å². The second-order valence-electron chi connectivity index (χ2n) is 4.77. The second kappa shape index (κ2) is 5.12. The molecule has 1 aromatic heterocycles. The topological polar surface area (TPSA) is 57.4 Å². The van der Waals surface area contributed by atoms with Gasteiger partial charge in [0.2, 0.25) is 0 Å². The first kappa shape index (κ1) is 13.1. The van der Waals surface area contributed by atoms with Gasteiger partial charge in [-0.25, -0.2) is 4.98 Å². The summed E-state index contributed by atoms with van der Waals surface area (Å²) in [6.45, 7) is 4.67. The molecule has 0 unspecified atom stereocenters. The van der Waals surface area contributed by atoms with Gasteiger partial charge in [-0.15, -0.1) is 0 Å². The minimum atomic E-state index is -0.166. The minimum Gasteiger partial charge on any atom is -0.470 e. The molecule has 1 heterocycles. The normalized spacial score (nSPS) is 11.9. The van der Waals surface area contributed by atoms with Gasteiger partial charge < -0.3 is 15.2 Å². The molecule has 0 aliphatic heterocycles. The number of anilines is 1. The van der Waals surface area contributed by atoms with Gasteiger partial charge in [-0.2, -0.15) is 0 Å². The van der Waals surface area contributed by atoms with Crippen LogP contribution < -0.4 is 10.5 Å².